The second kappa shape index (κ2) is 9.08. The van der Waals surface area contributed by atoms with Crippen LogP contribution in [0.2, 0.25) is 0 Å². The van der Waals surface area contributed by atoms with Crippen molar-refractivity contribution in [2.75, 3.05) is 24.7 Å². The van der Waals surface area contributed by atoms with Crippen LogP contribution in [0.3, 0.4) is 0 Å². The van der Waals surface area contributed by atoms with E-state index in [9.17, 15) is 32.3 Å². The van der Waals surface area contributed by atoms with E-state index in [2.05, 4.69) is 4.74 Å². The molecule has 0 unspecified atom stereocenters. The van der Waals surface area contributed by atoms with Crippen LogP contribution >= 0.6 is 0 Å². The predicted octanol–water partition coefficient (Wildman–Crippen LogP) is 2.72. The van der Waals surface area contributed by atoms with Gasteiger partial charge in [-0.25, -0.2) is 9.69 Å². The minimum atomic E-state index is -4.60. The summed E-state index contributed by atoms with van der Waals surface area (Å²) < 4.78 is 46.3. The third-order valence-corrected chi connectivity index (χ3v) is 4.35. The van der Waals surface area contributed by atoms with Crippen LogP contribution in [-0.2, 0) is 9.53 Å². The lowest BCUT2D eigenvalue weighted by Gasteiger charge is -2.14. The number of rotatable bonds is 7. The molecule has 0 radical (unpaired) electrons. The summed E-state index contributed by atoms with van der Waals surface area (Å²) in [6, 6.07) is 9.93. The van der Waals surface area contributed by atoms with Crippen molar-refractivity contribution in [1.29, 1.82) is 0 Å². The maximum absolute atomic E-state index is 12.8. The molecule has 0 bridgehead atoms. The highest BCUT2D eigenvalue weighted by Crippen LogP contribution is 2.30. The molecule has 0 fully saturated rings. The van der Waals surface area contributed by atoms with Crippen molar-refractivity contribution >= 4 is 29.4 Å². The predicted molar refractivity (Wildman–Crippen MR) is 105 cm³/mol. The molecule has 1 heterocycles. The molecule has 3 rings (SSSR count). The number of halogens is 3. The third-order valence-electron chi connectivity index (χ3n) is 4.35. The molecule has 1 N–H and O–H groups in total. The second-order valence-electron chi connectivity index (χ2n) is 6.60. The molecule has 32 heavy (non-hydrogen) atoms. The fourth-order valence-electron chi connectivity index (χ4n) is 2.92. The summed E-state index contributed by atoms with van der Waals surface area (Å²) in [5.41, 5.74) is 0.204. The van der Waals surface area contributed by atoms with E-state index in [0.29, 0.717) is 18.0 Å². The van der Waals surface area contributed by atoms with Crippen LogP contribution in [0.5, 0.6) is 5.75 Å². The zero-order valence-electron chi connectivity index (χ0n) is 16.7. The minimum Gasteiger partial charge on any atom is -0.494 e. The van der Waals surface area contributed by atoms with E-state index in [1.54, 1.807) is 29.6 Å². The fraction of sp³-hybridized carbons (Fsp3) is 0.238. The largest absolute Gasteiger partial charge is 0.494 e. The number of alkyl halides is 3. The van der Waals surface area contributed by atoms with Gasteiger partial charge in [0.1, 0.15) is 12.3 Å². The van der Waals surface area contributed by atoms with Gasteiger partial charge in [0.15, 0.2) is 6.61 Å². The van der Waals surface area contributed by atoms with E-state index in [1.165, 1.54) is 12.1 Å². The van der Waals surface area contributed by atoms with Crippen molar-refractivity contribution in [3.8, 4) is 5.75 Å². The normalized spacial score (nSPS) is 13.1. The smallest absolute Gasteiger partial charge is 0.405 e. The first-order valence-electron chi connectivity index (χ1n) is 9.37. The van der Waals surface area contributed by atoms with Crippen LogP contribution in [0.15, 0.2) is 42.5 Å². The lowest BCUT2D eigenvalue weighted by Crippen LogP contribution is -2.36. The SMILES string of the molecule is CCOc1ccc(N2C(=O)c3ccc(C(=O)OCC(=O)NCC(F)(F)F)cc3C2=O)cc1. The van der Waals surface area contributed by atoms with Crippen LogP contribution in [0.25, 0.3) is 0 Å². The number of anilines is 1. The van der Waals surface area contributed by atoms with Gasteiger partial charge in [0.2, 0.25) is 0 Å². The fourth-order valence-corrected chi connectivity index (χ4v) is 2.92. The van der Waals surface area contributed by atoms with Gasteiger partial charge in [0.05, 0.1) is 29.0 Å². The molecule has 168 valence electrons. The Morgan fingerprint density at radius 3 is 2.28 bits per heavy atom. The number of carbonyl (C=O) groups is 4. The van der Waals surface area contributed by atoms with E-state index < -0.39 is 43.0 Å². The Morgan fingerprint density at radius 1 is 1.00 bits per heavy atom. The van der Waals surface area contributed by atoms with Gasteiger partial charge in [-0.05, 0) is 49.4 Å². The summed E-state index contributed by atoms with van der Waals surface area (Å²) in [6.45, 7) is -0.220. The van der Waals surface area contributed by atoms with Gasteiger partial charge < -0.3 is 14.8 Å². The number of ether oxygens (including phenoxy) is 2. The molecule has 8 nitrogen and oxygen atoms in total. The standard InChI is InChI=1S/C21H17F3N2O6/c1-2-31-14-6-4-13(5-7-14)26-18(28)15-8-3-12(9-16(15)19(26)29)20(30)32-10-17(27)25-11-21(22,23)24/h3-9H,2,10-11H2,1H3,(H,25,27). The average molecular weight is 450 g/mol. The van der Waals surface area contributed by atoms with Gasteiger partial charge in [-0.1, -0.05) is 0 Å². The summed E-state index contributed by atoms with van der Waals surface area (Å²) in [5.74, 6) is -2.84. The first-order valence-corrected chi connectivity index (χ1v) is 9.37. The van der Waals surface area contributed by atoms with E-state index >= 15 is 0 Å². The van der Waals surface area contributed by atoms with Crippen molar-refractivity contribution in [3.05, 3.63) is 59.2 Å². The van der Waals surface area contributed by atoms with Crippen LogP contribution in [-0.4, -0.2) is 49.6 Å². The Morgan fingerprint density at radius 2 is 1.66 bits per heavy atom. The van der Waals surface area contributed by atoms with E-state index in [-0.39, 0.29) is 16.7 Å². The number of hydrogen-bond acceptors (Lipinski definition) is 6. The monoisotopic (exact) mass is 450 g/mol. The number of amides is 3. The molecule has 0 spiro atoms. The molecule has 2 aromatic rings. The van der Waals surface area contributed by atoms with E-state index in [1.807, 2.05) is 6.92 Å². The third kappa shape index (κ3) is 5.05. The van der Waals surface area contributed by atoms with Gasteiger partial charge in [-0.3, -0.25) is 14.4 Å². The number of esters is 1. The maximum atomic E-state index is 12.8. The number of nitrogens with one attached hydrogen (secondary N) is 1. The Balaban J connectivity index is 1.70. The highest BCUT2D eigenvalue weighted by Gasteiger charge is 2.37. The summed E-state index contributed by atoms with van der Waals surface area (Å²) in [5, 5.41) is 1.56. The molecule has 3 amide bonds. The summed E-state index contributed by atoms with van der Waals surface area (Å²) >= 11 is 0. The van der Waals surface area contributed by atoms with Crippen molar-refractivity contribution in [2.24, 2.45) is 0 Å². The van der Waals surface area contributed by atoms with Crippen molar-refractivity contribution < 1.29 is 41.8 Å². The molecule has 0 atom stereocenters. The highest BCUT2D eigenvalue weighted by molar-refractivity contribution is 6.34. The van der Waals surface area contributed by atoms with Crippen LogP contribution in [0, 0.1) is 0 Å². The van der Waals surface area contributed by atoms with Crippen LogP contribution in [0.1, 0.15) is 38.0 Å². The Bertz CT molecular complexity index is 1070. The van der Waals surface area contributed by atoms with Gasteiger partial charge in [-0.2, -0.15) is 13.2 Å². The first kappa shape index (κ1) is 22.8. The Hall–Kier alpha value is -3.89. The number of nitrogens with zero attached hydrogens (tertiary/aromatic N) is 1. The molecule has 11 heteroatoms. The summed E-state index contributed by atoms with van der Waals surface area (Å²) in [7, 11) is 0. The molecule has 1 aliphatic rings. The van der Waals surface area contributed by atoms with Crippen molar-refractivity contribution in [1.82, 2.24) is 5.32 Å². The van der Waals surface area contributed by atoms with Gasteiger partial charge in [0.25, 0.3) is 17.7 Å². The highest BCUT2D eigenvalue weighted by atomic mass is 19.4. The Labute approximate surface area is 179 Å². The number of carbonyl (C=O) groups excluding carboxylic acids is 4. The molecule has 0 saturated heterocycles. The molecule has 2 aromatic carbocycles. The van der Waals surface area contributed by atoms with Crippen LogP contribution < -0.4 is 15.0 Å². The van der Waals surface area contributed by atoms with Gasteiger partial charge in [0, 0.05) is 0 Å². The molecular formula is C21H17F3N2O6. The maximum Gasteiger partial charge on any atom is 0.405 e. The van der Waals surface area contributed by atoms with Crippen molar-refractivity contribution in [3.63, 3.8) is 0 Å². The second-order valence-corrected chi connectivity index (χ2v) is 6.60. The molecule has 0 aromatic heterocycles. The average Bonchev–Trinajstić information content (AvgIpc) is 3.00. The van der Waals surface area contributed by atoms with E-state index in [0.717, 1.165) is 11.0 Å². The van der Waals surface area contributed by atoms with Crippen molar-refractivity contribution in [2.45, 2.75) is 13.1 Å². The summed E-state index contributed by atoms with van der Waals surface area (Å²) in [4.78, 5) is 49.9. The number of hydrogen-bond donors (Lipinski definition) is 1. The molecule has 1 aliphatic heterocycles. The molecule has 0 saturated carbocycles. The van der Waals surface area contributed by atoms with Gasteiger partial charge in [-0.15, -0.1) is 0 Å². The Kier molecular flexibility index (Phi) is 6.47. The lowest BCUT2D eigenvalue weighted by atomic mass is 10.1. The number of fused-ring (bicyclic) bond motifs is 1. The quantitative estimate of drug-likeness (QED) is 0.514. The van der Waals surface area contributed by atoms with Crippen LogP contribution in [0.4, 0.5) is 18.9 Å². The topological polar surface area (TPSA) is 102 Å². The minimum absolute atomic E-state index is 0.0418. The van der Waals surface area contributed by atoms with Gasteiger partial charge >= 0.3 is 12.1 Å². The van der Waals surface area contributed by atoms with E-state index in [4.69, 9.17) is 4.74 Å². The zero-order chi connectivity index (χ0) is 23.5. The zero-order valence-corrected chi connectivity index (χ0v) is 16.7. The molecular weight excluding hydrogens is 433 g/mol. The molecule has 0 aliphatic carbocycles. The first-order chi connectivity index (χ1) is 15.1. The summed E-state index contributed by atoms with van der Waals surface area (Å²) in [6.07, 6.45) is -4.60. The number of benzene rings is 2. The lowest BCUT2D eigenvalue weighted by molar-refractivity contribution is -0.140. The number of imide groups is 1.